The van der Waals surface area contributed by atoms with Crippen molar-refractivity contribution in [2.75, 3.05) is 24.2 Å². The highest BCUT2D eigenvalue weighted by atomic mass is 16.2. The van der Waals surface area contributed by atoms with Crippen molar-refractivity contribution in [2.45, 2.75) is 18.9 Å². The number of carbonyl (C=O) groups is 2. The Labute approximate surface area is 134 Å². The number of amides is 2. The van der Waals surface area contributed by atoms with Gasteiger partial charge < -0.3 is 15.5 Å². The summed E-state index contributed by atoms with van der Waals surface area (Å²) < 4.78 is 0. The summed E-state index contributed by atoms with van der Waals surface area (Å²) in [7, 11) is 1.91. The molecule has 0 spiro atoms. The van der Waals surface area contributed by atoms with Crippen LogP contribution in [0.15, 0.2) is 30.5 Å². The molecule has 120 valence electrons. The summed E-state index contributed by atoms with van der Waals surface area (Å²) in [6.45, 7) is 0.918. The van der Waals surface area contributed by atoms with E-state index in [1.807, 2.05) is 30.1 Å². The summed E-state index contributed by atoms with van der Waals surface area (Å²) >= 11 is 0. The zero-order valence-corrected chi connectivity index (χ0v) is 12.9. The van der Waals surface area contributed by atoms with E-state index < -0.39 is 0 Å². The van der Waals surface area contributed by atoms with Crippen LogP contribution in [0.25, 0.3) is 0 Å². The van der Waals surface area contributed by atoms with Gasteiger partial charge in [-0.3, -0.25) is 14.7 Å². The van der Waals surface area contributed by atoms with E-state index in [1.165, 1.54) is 5.56 Å². The molecule has 1 saturated heterocycles. The lowest BCUT2D eigenvalue weighted by Gasteiger charge is -2.16. The van der Waals surface area contributed by atoms with Crippen LogP contribution in [0.3, 0.4) is 0 Å². The minimum absolute atomic E-state index is 0.213. The Morgan fingerprint density at radius 1 is 1.39 bits per heavy atom. The number of rotatable bonds is 3. The highest BCUT2D eigenvalue weighted by molar-refractivity contribution is 6.01. The number of aromatic amines is 1. The molecule has 23 heavy (non-hydrogen) atoms. The van der Waals surface area contributed by atoms with E-state index in [2.05, 4.69) is 20.8 Å². The van der Waals surface area contributed by atoms with Crippen molar-refractivity contribution in [3.63, 3.8) is 0 Å². The van der Waals surface area contributed by atoms with E-state index in [0.29, 0.717) is 18.3 Å². The zero-order valence-electron chi connectivity index (χ0n) is 12.9. The normalized spacial score (nSPS) is 17.9. The van der Waals surface area contributed by atoms with Crippen LogP contribution in [-0.4, -0.2) is 41.0 Å². The fraction of sp³-hybridized carbons (Fsp3) is 0.312. The van der Waals surface area contributed by atoms with Crippen LogP contribution in [0.5, 0.6) is 0 Å². The smallest absolute Gasteiger partial charge is 0.254 e. The molecule has 1 aromatic carbocycles. The Bertz CT molecular complexity index is 699. The summed E-state index contributed by atoms with van der Waals surface area (Å²) in [6.07, 6.45) is 4.39. The molecule has 7 nitrogen and oxygen atoms in total. The van der Waals surface area contributed by atoms with Crippen LogP contribution in [0.2, 0.25) is 0 Å². The maximum Gasteiger partial charge on any atom is 0.254 e. The Balaban J connectivity index is 0.000000166. The monoisotopic (exact) mass is 313 g/mol. The highest BCUT2D eigenvalue weighted by Gasteiger charge is 2.40. The molecular formula is C16H19N5O2. The van der Waals surface area contributed by atoms with Gasteiger partial charge in [0.2, 0.25) is 6.41 Å². The molecule has 2 amide bonds. The van der Waals surface area contributed by atoms with Gasteiger partial charge in [-0.05, 0) is 25.0 Å². The summed E-state index contributed by atoms with van der Waals surface area (Å²) in [6, 6.07) is 7.93. The fourth-order valence-electron chi connectivity index (χ4n) is 3.19. The maximum atomic E-state index is 12.0. The molecule has 3 heterocycles. The molecule has 0 radical (unpaired) electrons. The van der Waals surface area contributed by atoms with Gasteiger partial charge in [0, 0.05) is 36.5 Å². The number of hydrogen-bond donors (Lipinski definition) is 3. The minimum atomic E-state index is 0.213. The first-order chi connectivity index (χ1) is 11.3. The molecule has 1 fully saturated rings. The summed E-state index contributed by atoms with van der Waals surface area (Å²) in [5.74, 6) is 0.824. The lowest BCUT2D eigenvalue weighted by molar-refractivity contribution is -0.105. The number of anilines is 2. The predicted octanol–water partition coefficient (Wildman–Crippen LogP) is 2.00. The number of hydrogen-bond acceptors (Lipinski definition) is 4. The van der Waals surface area contributed by atoms with Gasteiger partial charge in [0.05, 0.1) is 12.2 Å². The third-order valence-electron chi connectivity index (χ3n) is 4.17. The van der Waals surface area contributed by atoms with Crippen molar-refractivity contribution in [3.05, 3.63) is 41.6 Å². The van der Waals surface area contributed by atoms with E-state index >= 15 is 0 Å². The molecule has 2 aromatic rings. The highest BCUT2D eigenvalue weighted by Crippen LogP contribution is 2.44. The predicted molar refractivity (Wildman–Crippen MR) is 87.3 cm³/mol. The fourth-order valence-corrected chi connectivity index (χ4v) is 3.19. The summed E-state index contributed by atoms with van der Waals surface area (Å²) in [5.41, 5.74) is 3.21. The molecule has 0 saturated carbocycles. The minimum Gasteiger partial charge on any atom is -0.388 e. The van der Waals surface area contributed by atoms with Gasteiger partial charge in [0.15, 0.2) is 0 Å². The van der Waals surface area contributed by atoms with Crippen molar-refractivity contribution in [3.8, 4) is 0 Å². The summed E-state index contributed by atoms with van der Waals surface area (Å²) in [5, 5.41) is 11.7. The number of aromatic nitrogens is 2. The number of fused-ring (bicyclic) bond motifs is 3. The Morgan fingerprint density at radius 3 is 2.96 bits per heavy atom. The molecule has 1 atom stereocenters. The largest absolute Gasteiger partial charge is 0.388 e. The van der Waals surface area contributed by atoms with Gasteiger partial charge >= 0.3 is 0 Å². The zero-order chi connectivity index (χ0) is 16.2. The molecule has 2 aliphatic heterocycles. The van der Waals surface area contributed by atoms with E-state index in [-0.39, 0.29) is 5.91 Å². The van der Waals surface area contributed by atoms with Crippen LogP contribution < -0.4 is 10.6 Å². The van der Waals surface area contributed by atoms with Crippen molar-refractivity contribution in [1.82, 2.24) is 15.1 Å². The average Bonchev–Trinajstić information content (AvgIpc) is 3.29. The van der Waals surface area contributed by atoms with Crippen LogP contribution in [-0.2, 0) is 4.79 Å². The first-order valence-corrected chi connectivity index (χ1v) is 7.57. The van der Waals surface area contributed by atoms with Gasteiger partial charge in [-0.1, -0.05) is 6.07 Å². The molecule has 2 aliphatic rings. The van der Waals surface area contributed by atoms with Gasteiger partial charge in [-0.15, -0.1) is 0 Å². The van der Waals surface area contributed by atoms with Gasteiger partial charge in [0.1, 0.15) is 5.82 Å². The van der Waals surface area contributed by atoms with Crippen LogP contribution >= 0.6 is 0 Å². The van der Waals surface area contributed by atoms with Gasteiger partial charge in [0.25, 0.3) is 5.91 Å². The number of benzene rings is 1. The van der Waals surface area contributed by atoms with Crippen molar-refractivity contribution >= 4 is 23.8 Å². The second-order valence-electron chi connectivity index (χ2n) is 5.41. The van der Waals surface area contributed by atoms with Crippen molar-refractivity contribution in [2.24, 2.45) is 0 Å². The van der Waals surface area contributed by atoms with Gasteiger partial charge in [-0.25, -0.2) is 0 Å². The van der Waals surface area contributed by atoms with E-state index in [9.17, 15) is 9.59 Å². The van der Waals surface area contributed by atoms with E-state index in [1.54, 1.807) is 12.3 Å². The van der Waals surface area contributed by atoms with Crippen molar-refractivity contribution in [1.29, 1.82) is 0 Å². The first-order valence-electron chi connectivity index (χ1n) is 7.57. The molecular weight excluding hydrogens is 294 g/mol. The van der Waals surface area contributed by atoms with Crippen LogP contribution in [0, 0.1) is 0 Å². The SMILES string of the molecule is CNc1cccc2c1C1CCCN1C2=O.O=CNc1ccn[nH]1. The first kappa shape index (κ1) is 15.1. The second kappa shape index (κ2) is 6.51. The van der Waals surface area contributed by atoms with Crippen molar-refractivity contribution < 1.29 is 9.59 Å². The molecule has 1 aromatic heterocycles. The molecule has 0 bridgehead atoms. The molecule has 0 aliphatic carbocycles. The van der Waals surface area contributed by atoms with E-state index in [4.69, 9.17) is 0 Å². The number of nitrogens with zero attached hydrogens (tertiary/aromatic N) is 2. The third-order valence-corrected chi connectivity index (χ3v) is 4.17. The number of carbonyl (C=O) groups excluding carboxylic acids is 2. The molecule has 4 rings (SSSR count). The van der Waals surface area contributed by atoms with Crippen LogP contribution in [0.1, 0.15) is 34.8 Å². The second-order valence-corrected chi connectivity index (χ2v) is 5.41. The Kier molecular flexibility index (Phi) is 4.27. The lowest BCUT2D eigenvalue weighted by atomic mass is 10.0. The Hall–Kier alpha value is -2.83. The van der Waals surface area contributed by atoms with Crippen LogP contribution in [0.4, 0.5) is 11.5 Å². The molecule has 3 N–H and O–H groups in total. The van der Waals surface area contributed by atoms with E-state index in [0.717, 1.165) is 30.6 Å². The van der Waals surface area contributed by atoms with Gasteiger partial charge in [-0.2, -0.15) is 5.10 Å². The number of nitrogens with one attached hydrogen (secondary N) is 3. The quantitative estimate of drug-likeness (QED) is 0.756. The maximum absolute atomic E-state index is 12.0. The summed E-state index contributed by atoms with van der Waals surface area (Å²) in [4.78, 5) is 23.8. The number of H-pyrrole nitrogens is 1. The lowest BCUT2D eigenvalue weighted by Crippen LogP contribution is -2.22. The molecule has 7 heteroatoms. The average molecular weight is 313 g/mol. The standard InChI is InChI=1S/C12H14N2O.C4H5N3O/c1-13-9-5-2-4-8-11(9)10-6-3-7-14(10)12(8)15;8-3-5-4-1-2-6-7-4/h2,4-5,10,13H,3,6-7H2,1H3;1-3H,(H2,5,6,7,8). The Morgan fingerprint density at radius 2 is 2.26 bits per heavy atom. The third kappa shape index (κ3) is 2.77. The molecule has 1 unspecified atom stereocenters. The topological polar surface area (TPSA) is 90.1 Å².